The maximum absolute atomic E-state index is 13.7. The summed E-state index contributed by atoms with van der Waals surface area (Å²) in [5.41, 5.74) is 3.63. The van der Waals surface area contributed by atoms with Gasteiger partial charge in [-0.25, -0.2) is 9.29 Å². The minimum absolute atomic E-state index is 0.174. The third-order valence-electron chi connectivity index (χ3n) is 5.54. The zero-order chi connectivity index (χ0) is 18.5. The molecule has 0 saturated carbocycles. The summed E-state index contributed by atoms with van der Waals surface area (Å²) >= 11 is 0. The van der Waals surface area contributed by atoms with E-state index in [9.17, 15) is 14.0 Å². The van der Waals surface area contributed by atoms with Crippen LogP contribution >= 0.6 is 0 Å². The number of fused-ring (bicyclic) bond motifs is 3. The summed E-state index contributed by atoms with van der Waals surface area (Å²) in [6, 6.07) is 13.3. The topological polar surface area (TPSA) is 56.4 Å². The maximum Gasteiger partial charge on any atom is 0.251 e. The lowest BCUT2D eigenvalue weighted by Gasteiger charge is -2.31. The van der Waals surface area contributed by atoms with E-state index >= 15 is 0 Å². The largest absolute Gasteiger partial charge is 0.358 e. The van der Waals surface area contributed by atoms with Crippen LogP contribution in [0.5, 0.6) is 0 Å². The number of para-hydroxylation sites is 1. The number of rotatable bonds is 2. The second kappa shape index (κ2) is 6.03. The molecule has 1 fully saturated rings. The normalized spacial score (nSPS) is 20.5. The van der Waals surface area contributed by atoms with Crippen LogP contribution in [0.15, 0.2) is 48.5 Å². The molecule has 5 nitrogen and oxygen atoms in total. The molecule has 6 heteroatoms. The monoisotopic (exact) mass is 363 g/mol. The molecule has 0 radical (unpaired) electrons. The summed E-state index contributed by atoms with van der Waals surface area (Å²) in [7, 11) is 0. The van der Waals surface area contributed by atoms with Gasteiger partial charge in [-0.15, -0.1) is 0 Å². The molecule has 1 N–H and O–H groups in total. The van der Waals surface area contributed by atoms with Crippen molar-refractivity contribution in [2.24, 2.45) is 0 Å². The van der Waals surface area contributed by atoms with E-state index in [0.29, 0.717) is 18.8 Å². The fourth-order valence-electron chi connectivity index (χ4n) is 4.22. The quantitative estimate of drug-likeness (QED) is 0.712. The first-order valence-electron chi connectivity index (χ1n) is 9.07. The molecule has 1 aromatic heterocycles. The highest BCUT2D eigenvalue weighted by molar-refractivity contribution is 6.22. The van der Waals surface area contributed by atoms with Gasteiger partial charge in [-0.2, -0.15) is 0 Å². The van der Waals surface area contributed by atoms with E-state index in [-0.39, 0.29) is 24.1 Å². The van der Waals surface area contributed by atoms with Crippen molar-refractivity contribution in [3.05, 3.63) is 65.6 Å². The fraction of sp³-hybridized carbons (Fsp3) is 0.238. The Balaban J connectivity index is 1.45. The highest BCUT2D eigenvalue weighted by Crippen LogP contribution is 2.32. The Kier molecular flexibility index (Phi) is 3.62. The van der Waals surface area contributed by atoms with E-state index in [1.165, 1.54) is 17.0 Å². The Bertz CT molecular complexity index is 1060. The van der Waals surface area contributed by atoms with Crippen molar-refractivity contribution in [3.63, 3.8) is 0 Å². The first kappa shape index (κ1) is 16.2. The van der Waals surface area contributed by atoms with Crippen LogP contribution < -0.4 is 4.90 Å². The van der Waals surface area contributed by atoms with Gasteiger partial charge in [0.25, 0.3) is 5.91 Å². The number of nitrogens with one attached hydrogen (secondary N) is 1. The van der Waals surface area contributed by atoms with E-state index in [0.717, 1.165) is 28.6 Å². The van der Waals surface area contributed by atoms with Crippen molar-refractivity contribution in [3.8, 4) is 0 Å². The minimum Gasteiger partial charge on any atom is -0.358 e. The molecule has 3 heterocycles. The molecule has 3 aromatic rings. The van der Waals surface area contributed by atoms with Crippen molar-refractivity contribution in [1.29, 1.82) is 0 Å². The smallest absolute Gasteiger partial charge is 0.251 e. The van der Waals surface area contributed by atoms with Crippen LogP contribution in [0.25, 0.3) is 10.9 Å². The number of benzene rings is 2. The van der Waals surface area contributed by atoms with Crippen molar-refractivity contribution in [2.45, 2.75) is 25.4 Å². The molecule has 0 spiro atoms. The van der Waals surface area contributed by atoms with Crippen molar-refractivity contribution >= 4 is 28.4 Å². The fourth-order valence-corrected chi connectivity index (χ4v) is 4.22. The van der Waals surface area contributed by atoms with E-state index in [1.54, 1.807) is 18.2 Å². The predicted molar refractivity (Wildman–Crippen MR) is 99.7 cm³/mol. The molecule has 2 aliphatic heterocycles. The number of H-pyrrole nitrogens is 1. The number of carbonyl (C=O) groups is 2. The number of aromatic nitrogens is 1. The highest BCUT2D eigenvalue weighted by Gasteiger charge is 2.43. The van der Waals surface area contributed by atoms with Gasteiger partial charge < -0.3 is 4.98 Å². The summed E-state index contributed by atoms with van der Waals surface area (Å²) < 4.78 is 13.7. The molecule has 1 saturated heterocycles. The Morgan fingerprint density at radius 3 is 2.70 bits per heavy atom. The summed E-state index contributed by atoms with van der Waals surface area (Å²) in [6.07, 6.45) is 0.925. The third kappa shape index (κ3) is 2.56. The van der Waals surface area contributed by atoms with Crippen LogP contribution in [0.4, 0.5) is 10.1 Å². The Morgan fingerprint density at radius 2 is 1.89 bits per heavy atom. The van der Waals surface area contributed by atoms with Crippen molar-refractivity contribution < 1.29 is 14.0 Å². The highest BCUT2D eigenvalue weighted by atomic mass is 19.1. The van der Waals surface area contributed by atoms with Crippen molar-refractivity contribution in [1.82, 2.24) is 9.88 Å². The maximum atomic E-state index is 13.7. The molecule has 2 aliphatic rings. The molecular formula is C21H18FN3O2. The third-order valence-corrected chi connectivity index (χ3v) is 5.54. The van der Waals surface area contributed by atoms with Gasteiger partial charge in [0.05, 0.1) is 18.2 Å². The number of hydrogen-bond donors (Lipinski definition) is 1. The summed E-state index contributed by atoms with van der Waals surface area (Å²) in [6.45, 7) is 1.22. The first-order valence-corrected chi connectivity index (χ1v) is 9.07. The molecule has 0 unspecified atom stereocenters. The lowest BCUT2D eigenvalue weighted by molar-refractivity contribution is -0.123. The van der Waals surface area contributed by atoms with Crippen LogP contribution in [0.3, 0.4) is 0 Å². The van der Waals surface area contributed by atoms with Crippen molar-refractivity contribution in [2.75, 3.05) is 11.4 Å². The van der Waals surface area contributed by atoms with Crippen LogP contribution in [-0.4, -0.2) is 34.3 Å². The number of amides is 2. The zero-order valence-corrected chi connectivity index (χ0v) is 14.6. The molecule has 5 rings (SSSR count). The van der Waals surface area contributed by atoms with E-state index < -0.39 is 6.04 Å². The predicted octanol–water partition coefficient (Wildman–Crippen LogP) is 3.00. The molecule has 2 amide bonds. The number of halogens is 1. The van der Waals surface area contributed by atoms with Crippen LogP contribution in [0, 0.1) is 5.82 Å². The number of aromatic amines is 1. The second-order valence-electron chi connectivity index (χ2n) is 7.12. The molecule has 1 atom stereocenters. The summed E-state index contributed by atoms with van der Waals surface area (Å²) in [5.74, 6) is -0.628. The van der Waals surface area contributed by atoms with Crippen LogP contribution in [0.2, 0.25) is 0 Å². The lowest BCUT2D eigenvalue weighted by Crippen LogP contribution is -2.44. The molecule has 0 bridgehead atoms. The number of carbonyl (C=O) groups excluding carboxylic acids is 2. The Hall–Kier alpha value is -2.99. The van der Waals surface area contributed by atoms with Gasteiger partial charge in [0, 0.05) is 36.1 Å². The number of imide groups is 1. The molecule has 2 aromatic carbocycles. The standard InChI is InChI=1S/C21H18FN3O2/c22-13-6-7-17-15(10-13)16-12-24(9-8-18(16)23-17)19-11-20(26)25(21(19)27)14-4-2-1-3-5-14/h1-7,10,19,23H,8-9,11-12H2/t19-/m1/s1. The van der Waals surface area contributed by atoms with E-state index in [1.807, 2.05) is 23.1 Å². The zero-order valence-electron chi connectivity index (χ0n) is 14.6. The number of anilines is 1. The van der Waals surface area contributed by atoms with Gasteiger partial charge in [0.15, 0.2) is 0 Å². The summed E-state index contributed by atoms with van der Waals surface area (Å²) in [4.78, 5) is 32.2. The van der Waals surface area contributed by atoms with Gasteiger partial charge in [-0.1, -0.05) is 18.2 Å². The minimum atomic E-state index is -0.468. The SMILES string of the molecule is O=C1C[C@@H](N2CCc3[nH]c4ccc(F)cc4c3C2)C(=O)N1c1ccccc1. The van der Waals surface area contributed by atoms with Gasteiger partial charge in [-0.05, 0) is 35.9 Å². The van der Waals surface area contributed by atoms with Gasteiger partial charge in [0.1, 0.15) is 5.82 Å². The molecular weight excluding hydrogens is 345 g/mol. The first-order chi connectivity index (χ1) is 13.1. The second-order valence-corrected chi connectivity index (χ2v) is 7.12. The average molecular weight is 363 g/mol. The van der Waals surface area contributed by atoms with Crippen LogP contribution in [-0.2, 0) is 22.6 Å². The average Bonchev–Trinajstić information content (AvgIpc) is 3.18. The molecule has 27 heavy (non-hydrogen) atoms. The summed E-state index contributed by atoms with van der Waals surface area (Å²) in [5, 5.41) is 0.853. The van der Waals surface area contributed by atoms with Crippen LogP contribution in [0.1, 0.15) is 17.7 Å². The molecule has 136 valence electrons. The number of hydrogen-bond acceptors (Lipinski definition) is 3. The van der Waals surface area contributed by atoms with Gasteiger partial charge in [-0.3, -0.25) is 14.5 Å². The Morgan fingerprint density at radius 1 is 1.07 bits per heavy atom. The molecule has 0 aliphatic carbocycles. The van der Waals surface area contributed by atoms with E-state index in [2.05, 4.69) is 4.98 Å². The lowest BCUT2D eigenvalue weighted by atomic mass is 10.0. The van der Waals surface area contributed by atoms with Gasteiger partial charge in [0.2, 0.25) is 5.91 Å². The Labute approximate surface area is 155 Å². The number of nitrogens with zero attached hydrogens (tertiary/aromatic N) is 2. The van der Waals surface area contributed by atoms with E-state index in [4.69, 9.17) is 0 Å². The van der Waals surface area contributed by atoms with Gasteiger partial charge >= 0.3 is 0 Å².